The highest BCUT2D eigenvalue weighted by Gasteiger charge is 2.21. The molecule has 0 aliphatic rings. The highest BCUT2D eigenvalue weighted by Crippen LogP contribution is 2.43. The van der Waals surface area contributed by atoms with Crippen molar-refractivity contribution in [2.75, 3.05) is 27.4 Å². The topological polar surface area (TPSA) is 120 Å². The first kappa shape index (κ1) is 30.0. The van der Waals surface area contributed by atoms with Gasteiger partial charge in [-0.25, -0.2) is 13.8 Å². The molecule has 1 amide bonds. The number of aliphatic carboxylic acids is 1. The van der Waals surface area contributed by atoms with E-state index in [1.807, 2.05) is 50.4 Å². The van der Waals surface area contributed by atoms with E-state index >= 15 is 0 Å². The van der Waals surface area contributed by atoms with Crippen LogP contribution in [0.2, 0.25) is 0 Å². The maximum Gasteiger partial charge on any atom is 0.322 e. The van der Waals surface area contributed by atoms with Gasteiger partial charge in [0.15, 0.2) is 11.5 Å². The van der Waals surface area contributed by atoms with Crippen LogP contribution in [0.1, 0.15) is 34.3 Å². The summed E-state index contributed by atoms with van der Waals surface area (Å²) in [6.45, 7) is 6.32. The van der Waals surface area contributed by atoms with Gasteiger partial charge in [-0.05, 0) is 55.3 Å². The van der Waals surface area contributed by atoms with Gasteiger partial charge in [-0.1, -0.05) is 12.1 Å². The molecule has 0 spiro atoms. The van der Waals surface area contributed by atoms with E-state index in [4.69, 9.17) is 23.7 Å². The lowest BCUT2D eigenvalue weighted by atomic mass is 9.99. The lowest BCUT2D eigenvalue weighted by molar-refractivity contribution is -0.135. The Morgan fingerprint density at radius 2 is 1.65 bits per heavy atom. The molecule has 212 valence electrons. The van der Waals surface area contributed by atoms with Gasteiger partial charge in [0.05, 0.1) is 26.4 Å². The van der Waals surface area contributed by atoms with Crippen molar-refractivity contribution in [3.8, 4) is 22.6 Å². The average Bonchev–Trinajstić information content (AvgIpc) is 3.33. The third-order valence-corrected chi connectivity index (χ3v) is 5.75. The number of benzene rings is 3. The molecule has 0 fully saturated rings. The largest absolute Gasteiger partial charge is 0.496 e. The lowest BCUT2D eigenvalue weighted by Crippen LogP contribution is -2.30. The lowest BCUT2D eigenvalue weighted by Gasteiger charge is -2.16. The molecule has 1 heterocycles. The van der Waals surface area contributed by atoms with Crippen LogP contribution in [0.4, 0.5) is 8.78 Å². The van der Waals surface area contributed by atoms with Crippen molar-refractivity contribution in [3.63, 3.8) is 0 Å². The quantitative estimate of drug-likeness (QED) is 0.280. The van der Waals surface area contributed by atoms with Crippen LogP contribution in [0.5, 0.6) is 11.5 Å². The van der Waals surface area contributed by atoms with E-state index < -0.39 is 35.6 Å². The third kappa shape index (κ3) is 6.92. The first-order chi connectivity index (χ1) is 19.1. The van der Waals surface area contributed by atoms with E-state index in [1.54, 1.807) is 14.2 Å². The second kappa shape index (κ2) is 13.5. The number of aryl methyl sites for hydroxylation is 2. The number of aromatic nitrogens is 1. The molecule has 0 unspecified atom stereocenters. The maximum atomic E-state index is 13.0. The summed E-state index contributed by atoms with van der Waals surface area (Å²) in [4.78, 5) is 25.7. The number of carboxylic acids is 1. The van der Waals surface area contributed by atoms with Gasteiger partial charge in [0.1, 0.15) is 40.8 Å². The number of ether oxygens (including phenoxy) is 3. The number of rotatable bonds is 9. The minimum absolute atomic E-state index is 0.508. The molecular formula is C29H30F2N2O7. The summed E-state index contributed by atoms with van der Waals surface area (Å²) in [5.41, 5.74) is 4.64. The van der Waals surface area contributed by atoms with E-state index in [0.717, 1.165) is 51.6 Å². The zero-order valence-electron chi connectivity index (χ0n) is 22.8. The van der Waals surface area contributed by atoms with Gasteiger partial charge in [-0.2, -0.15) is 0 Å². The average molecular weight is 557 g/mol. The van der Waals surface area contributed by atoms with Crippen molar-refractivity contribution >= 4 is 23.0 Å². The van der Waals surface area contributed by atoms with Gasteiger partial charge in [-0.15, -0.1) is 0 Å². The third-order valence-electron chi connectivity index (χ3n) is 5.75. The van der Waals surface area contributed by atoms with Crippen molar-refractivity contribution in [1.29, 1.82) is 0 Å². The zero-order chi connectivity index (χ0) is 29.4. The number of amides is 1. The van der Waals surface area contributed by atoms with E-state index in [1.165, 1.54) is 0 Å². The summed E-state index contributed by atoms with van der Waals surface area (Å²) in [6, 6.07) is 10.9. The number of methoxy groups -OCH3 is 2. The molecule has 11 heteroatoms. The van der Waals surface area contributed by atoms with Crippen LogP contribution in [0, 0.1) is 25.5 Å². The first-order valence-electron chi connectivity index (χ1n) is 12.2. The van der Waals surface area contributed by atoms with Crippen molar-refractivity contribution in [2.45, 2.75) is 27.4 Å². The van der Waals surface area contributed by atoms with Crippen LogP contribution in [-0.2, 0) is 16.1 Å². The summed E-state index contributed by atoms with van der Waals surface area (Å²) in [6.07, 6.45) is 0. The second-order valence-corrected chi connectivity index (χ2v) is 8.53. The Kier molecular flexibility index (Phi) is 10.2. The number of hydrogen-bond donors (Lipinski definition) is 2. The second-order valence-electron chi connectivity index (χ2n) is 8.53. The Morgan fingerprint density at radius 3 is 2.20 bits per heavy atom. The van der Waals surface area contributed by atoms with E-state index in [0.29, 0.717) is 30.6 Å². The van der Waals surface area contributed by atoms with Gasteiger partial charge >= 0.3 is 5.97 Å². The minimum atomic E-state index is -1.29. The molecule has 0 aliphatic carbocycles. The van der Waals surface area contributed by atoms with Gasteiger partial charge in [0.25, 0.3) is 5.91 Å². The number of carbonyl (C=O) groups is 2. The monoisotopic (exact) mass is 556 g/mol. The molecule has 0 atom stereocenters. The SMILES string of the molecule is CCOCc1cc(OC)c(-c2ccc(C)c3nc(C)oc23)c(OC)c1.O=C(O)CNC(=O)c1c(F)cccc1F. The number of oxazole rings is 1. The fourth-order valence-electron chi connectivity index (χ4n) is 3.93. The molecule has 9 nitrogen and oxygen atoms in total. The van der Waals surface area contributed by atoms with E-state index in [9.17, 15) is 18.4 Å². The van der Waals surface area contributed by atoms with Gasteiger partial charge in [0, 0.05) is 19.1 Å². The molecule has 40 heavy (non-hydrogen) atoms. The van der Waals surface area contributed by atoms with Crippen LogP contribution in [0.15, 0.2) is 46.9 Å². The summed E-state index contributed by atoms with van der Waals surface area (Å²) < 4.78 is 48.7. The number of carboxylic acid groups (broad SMARTS) is 1. The molecule has 0 saturated carbocycles. The zero-order valence-corrected chi connectivity index (χ0v) is 22.8. The van der Waals surface area contributed by atoms with Crippen molar-refractivity contribution in [2.24, 2.45) is 0 Å². The van der Waals surface area contributed by atoms with Crippen LogP contribution < -0.4 is 14.8 Å². The van der Waals surface area contributed by atoms with Gasteiger partial charge in [-0.3, -0.25) is 9.59 Å². The predicted octanol–water partition coefficient (Wildman–Crippen LogP) is 5.44. The van der Waals surface area contributed by atoms with Crippen LogP contribution in [-0.4, -0.2) is 49.3 Å². The number of carbonyl (C=O) groups excluding carboxylic acids is 1. The molecule has 0 saturated heterocycles. The molecule has 3 aromatic carbocycles. The Labute approximate surface area is 229 Å². The molecule has 0 bridgehead atoms. The van der Waals surface area contributed by atoms with Crippen molar-refractivity contribution in [1.82, 2.24) is 10.3 Å². The summed E-state index contributed by atoms with van der Waals surface area (Å²) in [5.74, 6) is -2.37. The predicted molar refractivity (Wildman–Crippen MR) is 144 cm³/mol. The van der Waals surface area contributed by atoms with Crippen LogP contribution in [0.25, 0.3) is 22.2 Å². The highest BCUT2D eigenvalue weighted by molar-refractivity contribution is 5.97. The van der Waals surface area contributed by atoms with Crippen molar-refractivity contribution < 1.29 is 42.1 Å². The normalized spacial score (nSPS) is 10.6. The number of nitrogens with one attached hydrogen (secondary N) is 1. The Bertz CT molecular complexity index is 1470. The number of fused-ring (bicyclic) bond motifs is 1. The van der Waals surface area contributed by atoms with Crippen LogP contribution in [0.3, 0.4) is 0 Å². The van der Waals surface area contributed by atoms with E-state index in [2.05, 4.69) is 4.98 Å². The number of nitrogens with zero attached hydrogens (tertiary/aromatic N) is 1. The molecule has 1 aromatic heterocycles. The number of hydrogen-bond acceptors (Lipinski definition) is 7. The molecule has 4 rings (SSSR count). The Hall–Kier alpha value is -4.51. The van der Waals surface area contributed by atoms with E-state index in [-0.39, 0.29) is 0 Å². The Balaban J connectivity index is 0.000000252. The van der Waals surface area contributed by atoms with Crippen molar-refractivity contribution in [3.05, 3.63) is 76.7 Å². The van der Waals surface area contributed by atoms with Gasteiger partial charge in [0.2, 0.25) is 0 Å². The molecule has 2 N–H and O–H groups in total. The number of halogens is 2. The smallest absolute Gasteiger partial charge is 0.322 e. The fraction of sp³-hybridized carbons (Fsp3) is 0.276. The minimum Gasteiger partial charge on any atom is -0.496 e. The molecule has 4 aromatic rings. The Morgan fingerprint density at radius 1 is 1.02 bits per heavy atom. The summed E-state index contributed by atoms with van der Waals surface area (Å²) in [5, 5.41) is 10.1. The summed E-state index contributed by atoms with van der Waals surface area (Å²) >= 11 is 0. The van der Waals surface area contributed by atoms with Gasteiger partial charge < -0.3 is 29.1 Å². The summed E-state index contributed by atoms with van der Waals surface area (Å²) in [7, 11) is 3.31. The maximum absolute atomic E-state index is 13.0. The van der Waals surface area contributed by atoms with Crippen LogP contribution >= 0.6 is 0 Å². The highest BCUT2D eigenvalue weighted by atomic mass is 19.1. The standard InChI is InChI=1S/C20H23NO4.C9H7F2NO3/c1-6-24-11-14-9-16(22-4)18(17(10-14)23-5)15-8-7-12(2)19-20(15)25-13(3)21-19;10-5-2-1-3-6(11)8(5)9(15)12-4-7(13)14/h7-10H,6,11H2,1-5H3;1-3H,4H2,(H,12,15)(H,13,14). The fourth-order valence-corrected chi connectivity index (χ4v) is 3.93. The molecule has 0 aliphatic heterocycles. The molecular weight excluding hydrogens is 526 g/mol. The molecule has 0 radical (unpaired) electrons. The first-order valence-corrected chi connectivity index (χ1v) is 12.2.